The normalized spacial score (nSPS) is 11.1. The minimum atomic E-state index is -0.163. The molecule has 4 rings (SSSR count). The number of aromatic nitrogens is 3. The van der Waals surface area contributed by atoms with Crippen LogP contribution in [-0.2, 0) is 0 Å². The van der Waals surface area contributed by atoms with E-state index < -0.39 is 0 Å². The lowest BCUT2D eigenvalue weighted by Gasteiger charge is -2.02. The van der Waals surface area contributed by atoms with Gasteiger partial charge >= 0.3 is 0 Å². The summed E-state index contributed by atoms with van der Waals surface area (Å²) in [7, 11) is 0. The van der Waals surface area contributed by atoms with Gasteiger partial charge in [-0.15, -0.1) is 11.3 Å². The molecule has 2 aromatic heterocycles. The second kappa shape index (κ2) is 4.85. The zero-order valence-corrected chi connectivity index (χ0v) is 12.1. The lowest BCUT2D eigenvalue weighted by Crippen LogP contribution is -1.82. The summed E-state index contributed by atoms with van der Waals surface area (Å²) in [6.45, 7) is 0. The molecule has 0 saturated heterocycles. The summed E-state index contributed by atoms with van der Waals surface area (Å²) in [6, 6.07) is 12.6. The Balaban J connectivity index is 1.79. The Labute approximate surface area is 129 Å². The Bertz CT molecular complexity index is 941. The third-order valence-corrected chi connectivity index (χ3v) is 4.24. The third kappa shape index (κ3) is 2.01. The van der Waals surface area contributed by atoms with Crippen molar-refractivity contribution in [2.45, 2.75) is 0 Å². The Morgan fingerprint density at radius 3 is 2.68 bits per heavy atom. The van der Waals surface area contributed by atoms with Crippen molar-refractivity contribution in [1.29, 1.82) is 0 Å². The summed E-state index contributed by atoms with van der Waals surface area (Å²) in [6.07, 6.45) is 0. The Morgan fingerprint density at radius 1 is 0.955 bits per heavy atom. The number of imidazole rings is 1. The quantitative estimate of drug-likeness (QED) is 0.492. The van der Waals surface area contributed by atoms with Crippen LogP contribution >= 0.6 is 11.3 Å². The van der Waals surface area contributed by atoms with Crippen LogP contribution in [0.1, 0.15) is 0 Å². The van der Waals surface area contributed by atoms with E-state index in [0.717, 1.165) is 16.0 Å². The highest BCUT2D eigenvalue weighted by Gasteiger charge is 2.14. The summed E-state index contributed by atoms with van der Waals surface area (Å²) in [5, 5.41) is 22.1. The zero-order chi connectivity index (χ0) is 15.1. The summed E-state index contributed by atoms with van der Waals surface area (Å²) in [5.41, 5.74) is 2.94. The average Bonchev–Trinajstić information content (AvgIpc) is 3.16. The maximum atomic E-state index is 9.94. The van der Waals surface area contributed by atoms with E-state index in [-0.39, 0.29) is 11.5 Å². The lowest BCUT2D eigenvalue weighted by molar-refractivity contribution is 0.405. The maximum Gasteiger partial charge on any atom is 0.167 e. The number of thiazole rings is 1. The molecular weight excluding hydrogens is 298 g/mol. The monoisotopic (exact) mass is 309 g/mol. The van der Waals surface area contributed by atoms with Crippen LogP contribution in [0.25, 0.3) is 33.1 Å². The standard InChI is InChI=1S/C16H11N3O2S/c20-13-7-3-4-9(14(13)21)12-8-22-16(19-12)15-17-10-5-1-2-6-11(10)18-15/h1-8,20-21H,(H,17,18). The molecule has 6 heteroatoms. The maximum absolute atomic E-state index is 9.94. The average molecular weight is 309 g/mol. The molecule has 0 fully saturated rings. The van der Waals surface area contributed by atoms with Crippen LogP contribution in [0.3, 0.4) is 0 Å². The number of phenolic OH excluding ortho intramolecular Hbond substituents is 2. The molecule has 3 N–H and O–H groups in total. The van der Waals surface area contributed by atoms with Gasteiger partial charge in [-0.2, -0.15) is 0 Å². The van der Waals surface area contributed by atoms with Crippen molar-refractivity contribution < 1.29 is 10.2 Å². The highest BCUT2D eigenvalue weighted by Crippen LogP contribution is 2.37. The largest absolute Gasteiger partial charge is 0.504 e. The first kappa shape index (κ1) is 12.8. The van der Waals surface area contributed by atoms with E-state index in [1.165, 1.54) is 17.4 Å². The molecule has 2 aromatic carbocycles. The molecule has 0 radical (unpaired) electrons. The van der Waals surface area contributed by atoms with Gasteiger partial charge in [0.15, 0.2) is 22.3 Å². The number of benzene rings is 2. The molecular formula is C16H11N3O2S. The van der Waals surface area contributed by atoms with Crippen LogP contribution in [0.5, 0.6) is 11.5 Å². The smallest absolute Gasteiger partial charge is 0.167 e. The lowest BCUT2D eigenvalue weighted by atomic mass is 10.1. The molecule has 0 aliphatic rings. The number of phenols is 2. The molecule has 0 saturated carbocycles. The Morgan fingerprint density at radius 2 is 1.82 bits per heavy atom. The van der Waals surface area contributed by atoms with Crippen LogP contribution in [-0.4, -0.2) is 25.2 Å². The number of hydrogen-bond acceptors (Lipinski definition) is 5. The number of nitrogens with zero attached hydrogens (tertiary/aromatic N) is 2. The molecule has 0 atom stereocenters. The highest BCUT2D eigenvalue weighted by atomic mass is 32.1. The van der Waals surface area contributed by atoms with Crippen LogP contribution < -0.4 is 0 Å². The molecule has 4 aromatic rings. The van der Waals surface area contributed by atoms with Crippen molar-refractivity contribution in [1.82, 2.24) is 15.0 Å². The van der Waals surface area contributed by atoms with Gasteiger partial charge in [0.05, 0.1) is 16.7 Å². The van der Waals surface area contributed by atoms with Crippen LogP contribution in [0, 0.1) is 0 Å². The molecule has 0 amide bonds. The van der Waals surface area contributed by atoms with Crippen LogP contribution in [0.4, 0.5) is 0 Å². The number of fused-ring (bicyclic) bond motifs is 1. The van der Waals surface area contributed by atoms with Crippen molar-refractivity contribution in [2.24, 2.45) is 0 Å². The molecule has 0 aliphatic carbocycles. The Hall–Kier alpha value is -2.86. The van der Waals surface area contributed by atoms with Gasteiger partial charge in [0, 0.05) is 10.9 Å². The number of H-pyrrole nitrogens is 1. The number of nitrogens with one attached hydrogen (secondary N) is 1. The van der Waals surface area contributed by atoms with Crippen molar-refractivity contribution in [2.75, 3.05) is 0 Å². The van der Waals surface area contributed by atoms with Crippen LogP contribution in [0.15, 0.2) is 47.8 Å². The summed E-state index contributed by atoms with van der Waals surface area (Å²) in [4.78, 5) is 12.2. The number of rotatable bonds is 2. The van der Waals surface area contributed by atoms with Gasteiger partial charge in [-0.05, 0) is 24.3 Å². The number of hydrogen-bond donors (Lipinski definition) is 3. The van der Waals surface area contributed by atoms with E-state index >= 15 is 0 Å². The van der Waals surface area contributed by atoms with Gasteiger partial charge < -0.3 is 15.2 Å². The number of aromatic amines is 1. The molecule has 108 valence electrons. The molecule has 0 aliphatic heterocycles. The van der Waals surface area contributed by atoms with Gasteiger partial charge in [-0.25, -0.2) is 9.97 Å². The van der Waals surface area contributed by atoms with Crippen molar-refractivity contribution in [3.63, 3.8) is 0 Å². The predicted molar refractivity (Wildman–Crippen MR) is 86.0 cm³/mol. The van der Waals surface area contributed by atoms with Crippen molar-refractivity contribution in [3.8, 4) is 33.6 Å². The minimum absolute atomic E-state index is 0.157. The predicted octanol–water partition coefficient (Wildman–Crippen LogP) is 3.76. The summed E-state index contributed by atoms with van der Waals surface area (Å²) >= 11 is 1.43. The van der Waals surface area contributed by atoms with Gasteiger partial charge in [0.1, 0.15) is 0 Å². The van der Waals surface area contributed by atoms with E-state index in [1.807, 2.05) is 29.6 Å². The van der Waals surface area contributed by atoms with E-state index in [9.17, 15) is 10.2 Å². The van der Waals surface area contributed by atoms with E-state index in [2.05, 4.69) is 15.0 Å². The second-order valence-corrected chi connectivity index (χ2v) is 5.67. The fourth-order valence-electron chi connectivity index (χ4n) is 2.30. The highest BCUT2D eigenvalue weighted by molar-refractivity contribution is 7.13. The van der Waals surface area contributed by atoms with Gasteiger partial charge in [0.25, 0.3) is 0 Å². The van der Waals surface area contributed by atoms with E-state index in [4.69, 9.17) is 0 Å². The number of aromatic hydroxyl groups is 2. The van der Waals surface area contributed by atoms with Gasteiger partial charge in [0.2, 0.25) is 0 Å². The fraction of sp³-hybridized carbons (Fsp3) is 0. The minimum Gasteiger partial charge on any atom is -0.504 e. The number of para-hydroxylation sites is 3. The third-order valence-electron chi connectivity index (χ3n) is 3.39. The second-order valence-electron chi connectivity index (χ2n) is 4.81. The van der Waals surface area contributed by atoms with Crippen molar-refractivity contribution in [3.05, 3.63) is 47.8 Å². The van der Waals surface area contributed by atoms with Gasteiger partial charge in [-0.3, -0.25) is 0 Å². The first-order valence-corrected chi connectivity index (χ1v) is 7.52. The summed E-state index contributed by atoms with van der Waals surface area (Å²) < 4.78 is 0. The summed E-state index contributed by atoms with van der Waals surface area (Å²) in [5.74, 6) is 0.372. The van der Waals surface area contributed by atoms with E-state index in [0.29, 0.717) is 17.1 Å². The van der Waals surface area contributed by atoms with Crippen LogP contribution in [0.2, 0.25) is 0 Å². The molecule has 0 bridgehead atoms. The van der Waals surface area contributed by atoms with E-state index in [1.54, 1.807) is 12.1 Å². The molecule has 22 heavy (non-hydrogen) atoms. The molecule has 2 heterocycles. The topological polar surface area (TPSA) is 82.0 Å². The zero-order valence-electron chi connectivity index (χ0n) is 11.3. The SMILES string of the molecule is Oc1cccc(-c2csc(-c3nc4ccccc4[nH]3)n2)c1O. The molecule has 0 spiro atoms. The first-order valence-electron chi connectivity index (χ1n) is 6.64. The fourth-order valence-corrected chi connectivity index (χ4v) is 3.06. The Kier molecular flexibility index (Phi) is 2.83. The molecule has 0 unspecified atom stereocenters. The molecule has 5 nitrogen and oxygen atoms in total. The first-order chi connectivity index (χ1) is 10.7. The van der Waals surface area contributed by atoms with Gasteiger partial charge in [-0.1, -0.05) is 18.2 Å². The van der Waals surface area contributed by atoms with Crippen molar-refractivity contribution >= 4 is 22.4 Å².